The first-order chi connectivity index (χ1) is 18.6. The second-order valence-electron chi connectivity index (χ2n) is 10.1. The maximum Gasteiger partial charge on any atom is 0.363 e. The summed E-state index contributed by atoms with van der Waals surface area (Å²) in [6, 6.07) is 15.5. The lowest BCUT2D eigenvalue weighted by Crippen LogP contribution is -2.62. The number of esters is 2. The molecule has 0 bridgehead atoms. The Morgan fingerprint density at radius 2 is 1.69 bits per heavy atom. The smallest absolute Gasteiger partial charge is 0.363 e. The fourth-order valence-corrected chi connectivity index (χ4v) is 5.51. The molecule has 10 nitrogen and oxygen atoms in total. The van der Waals surface area contributed by atoms with Crippen molar-refractivity contribution in [3.63, 3.8) is 0 Å². The minimum atomic E-state index is -0.975. The van der Waals surface area contributed by atoms with Gasteiger partial charge >= 0.3 is 11.9 Å². The van der Waals surface area contributed by atoms with Gasteiger partial charge in [-0.3, -0.25) is 14.9 Å². The third kappa shape index (κ3) is 4.37. The number of ether oxygens (including phenoxy) is 2. The number of nitro groups is 1. The summed E-state index contributed by atoms with van der Waals surface area (Å²) in [4.78, 5) is 50.9. The summed E-state index contributed by atoms with van der Waals surface area (Å²) in [6.07, 6.45) is 0. The summed E-state index contributed by atoms with van der Waals surface area (Å²) in [5.74, 6) is -2.02. The second kappa shape index (κ2) is 9.86. The number of carbonyl (C=O) groups excluding carboxylic acids is 3. The van der Waals surface area contributed by atoms with Crippen LogP contribution in [-0.4, -0.2) is 40.3 Å². The summed E-state index contributed by atoms with van der Waals surface area (Å²) >= 11 is 0. The average molecular weight is 530 g/mol. The van der Waals surface area contributed by atoms with E-state index < -0.39 is 16.9 Å². The van der Waals surface area contributed by atoms with Crippen LogP contribution in [0.5, 0.6) is 5.75 Å². The van der Waals surface area contributed by atoms with Gasteiger partial charge in [-0.2, -0.15) is 0 Å². The summed E-state index contributed by atoms with van der Waals surface area (Å²) in [7, 11) is 0. The van der Waals surface area contributed by atoms with Gasteiger partial charge in [0.15, 0.2) is 0 Å². The molecule has 10 heteroatoms. The molecule has 5 rings (SSSR count). The lowest BCUT2D eigenvalue weighted by molar-refractivity contribution is -0.384. The molecule has 3 aromatic rings. The Bertz CT molecular complexity index is 1540. The standard InChI is InChI=1S/C29H27N3O7/c1-15(2)24-25-16(3)21(14-38-23-9-5-6-19-20(23)7-4-8-22(19)30)26(31(25)27(24)33)29(35)39-28(34)17-10-12-18(13-11-17)32(36)37/h4-13,15-16,24-25H,14,30H2,1-3H3/t16-,24+,25+/m0/s1. The summed E-state index contributed by atoms with van der Waals surface area (Å²) in [5, 5.41) is 12.5. The molecular weight excluding hydrogens is 502 g/mol. The van der Waals surface area contributed by atoms with E-state index in [0.717, 1.165) is 22.9 Å². The van der Waals surface area contributed by atoms with Crippen LogP contribution in [0.25, 0.3) is 10.8 Å². The van der Waals surface area contributed by atoms with Gasteiger partial charge in [-0.05, 0) is 30.2 Å². The van der Waals surface area contributed by atoms with E-state index >= 15 is 0 Å². The third-order valence-corrected chi connectivity index (χ3v) is 7.51. The van der Waals surface area contributed by atoms with E-state index in [9.17, 15) is 24.5 Å². The number of nitro benzene ring substituents is 1. The van der Waals surface area contributed by atoms with Crippen molar-refractivity contribution in [3.05, 3.63) is 87.6 Å². The fraction of sp³-hybridized carbons (Fsp3) is 0.276. The van der Waals surface area contributed by atoms with Gasteiger partial charge in [-0.25, -0.2) is 9.59 Å². The van der Waals surface area contributed by atoms with Crippen molar-refractivity contribution in [2.24, 2.45) is 17.8 Å². The number of benzene rings is 3. The van der Waals surface area contributed by atoms with Crippen molar-refractivity contribution in [2.75, 3.05) is 12.3 Å². The van der Waals surface area contributed by atoms with Gasteiger partial charge in [0, 0.05) is 40.1 Å². The summed E-state index contributed by atoms with van der Waals surface area (Å²) < 4.78 is 11.3. The second-order valence-corrected chi connectivity index (χ2v) is 10.1. The number of nitrogen functional groups attached to an aromatic ring is 1. The van der Waals surface area contributed by atoms with Crippen molar-refractivity contribution in [1.29, 1.82) is 0 Å². The lowest BCUT2D eigenvalue weighted by Gasteiger charge is -2.47. The number of carbonyl (C=O) groups is 3. The molecule has 0 aliphatic carbocycles. The molecule has 3 atom stereocenters. The SMILES string of the molecule is CC(C)[C@H]1C(=O)N2C(C(=O)OC(=O)c3ccc([N+](=O)[O-])cc3)=C(COc3cccc4c(N)cccc34)[C@H](C)[C@H]12. The predicted octanol–water partition coefficient (Wildman–Crippen LogP) is 4.48. The Morgan fingerprint density at radius 3 is 2.36 bits per heavy atom. The number of non-ortho nitro benzene ring substituents is 1. The zero-order chi connectivity index (χ0) is 28.0. The highest BCUT2D eigenvalue weighted by molar-refractivity contribution is 6.06. The van der Waals surface area contributed by atoms with Crippen LogP contribution in [0, 0.1) is 27.9 Å². The molecule has 1 fully saturated rings. The molecule has 1 saturated heterocycles. The highest BCUT2D eigenvalue weighted by atomic mass is 16.6. The zero-order valence-corrected chi connectivity index (χ0v) is 21.6. The molecule has 1 amide bonds. The third-order valence-electron chi connectivity index (χ3n) is 7.51. The topological polar surface area (TPSA) is 142 Å². The minimum absolute atomic E-state index is 0.00364. The van der Waals surface area contributed by atoms with Crippen molar-refractivity contribution in [1.82, 2.24) is 4.90 Å². The number of rotatable bonds is 7. The number of nitrogens with zero attached hydrogens (tertiary/aromatic N) is 2. The van der Waals surface area contributed by atoms with Crippen LogP contribution in [0.15, 0.2) is 71.9 Å². The first-order valence-corrected chi connectivity index (χ1v) is 12.6. The van der Waals surface area contributed by atoms with Crippen molar-refractivity contribution >= 4 is 40.0 Å². The maximum atomic E-state index is 13.4. The molecule has 2 aliphatic rings. The molecular formula is C29H27N3O7. The molecule has 0 unspecified atom stereocenters. The van der Waals surface area contributed by atoms with Gasteiger partial charge in [0.1, 0.15) is 18.1 Å². The van der Waals surface area contributed by atoms with Gasteiger partial charge in [0.05, 0.1) is 22.4 Å². The number of nitrogens with two attached hydrogens (primary N) is 1. The summed E-state index contributed by atoms with van der Waals surface area (Å²) in [6.45, 7) is 5.84. The van der Waals surface area contributed by atoms with Crippen LogP contribution in [0.1, 0.15) is 31.1 Å². The normalized spacial score (nSPS) is 20.2. The monoisotopic (exact) mass is 529 g/mol. The van der Waals surface area contributed by atoms with Gasteiger partial charge in [-0.15, -0.1) is 0 Å². The van der Waals surface area contributed by atoms with Crippen molar-refractivity contribution < 1.29 is 28.8 Å². The Hall–Kier alpha value is -4.73. The molecule has 2 heterocycles. The molecule has 2 N–H and O–H groups in total. The molecule has 0 saturated carbocycles. The number of hydrogen-bond donors (Lipinski definition) is 1. The Labute approximate surface area is 224 Å². The van der Waals surface area contributed by atoms with E-state index in [1.54, 1.807) is 12.1 Å². The van der Waals surface area contributed by atoms with Crippen LogP contribution in [0.4, 0.5) is 11.4 Å². The van der Waals surface area contributed by atoms with E-state index in [4.69, 9.17) is 15.2 Å². The van der Waals surface area contributed by atoms with Gasteiger partial charge < -0.3 is 20.1 Å². The van der Waals surface area contributed by atoms with Gasteiger partial charge in [0.2, 0.25) is 5.91 Å². The van der Waals surface area contributed by atoms with Gasteiger partial charge in [0.25, 0.3) is 5.69 Å². The Balaban J connectivity index is 1.45. The van der Waals surface area contributed by atoms with Crippen LogP contribution >= 0.6 is 0 Å². The van der Waals surface area contributed by atoms with Crippen LogP contribution in [-0.2, 0) is 14.3 Å². The summed E-state index contributed by atoms with van der Waals surface area (Å²) in [5.41, 5.74) is 7.05. The van der Waals surface area contributed by atoms with Crippen LogP contribution < -0.4 is 10.5 Å². The highest BCUT2D eigenvalue weighted by Gasteiger charge is 2.59. The molecule has 200 valence electrons. The van der Waals surface area contributed by atoms with E-state index in [1.165, 1.54) is 17.0 Å². The van der Waals surface area contributed by atoms with E-state index in [-0.39, 0.29) is 53.3 Å². The number of anilines is 1. The zero-order valence-electron chi connectivity index (χ0n) is 21.6. The first kappa shape index (κ1) is 25.9. The van der Waals surface area contributed by atoms with E-state index in [0.29, 0.717) is 17.0 Å². The molecule has 39 heavy (non-hydrogen) atoms. The van der Waals surface area contributed by atoms with E-state index in [2.05, 4.69) is 0 Å². The molecule has 0 radical (unpaired) electrons. The quantitative estimate of drug-likeness (QED) is 0.118. The molecule has 3 aromatic carbocycles. The number of β-lactam (4-membered cyclic amide) rings is 1. The molecule has 0 aromatic heterocycles. The van der Waals surface area contributed by atoms with Crippen molar-refractivity contribution in [3.8, 4) is 5.75 Å². The predicted molar refractivity (Wildman–Crippen MR) is 143 cm³/mol. The maximum absolute atomic E-state index is 13.4. The largest absolute Gasteiger partial charge is 0.488 e. The van der Waals surface area contributed by atoms with Crippen LogP contribution in [0.3, 0.4) is 0 Å². The highest BCUT2D eigenvalue weighted by Crippen LogP contribution is 2.49. The van der Waals surface area contributed by atoms with E-state index in [1.807, 2.05) is 45.0 Å². The molecule has 0 spiro atoms. The number of hydrogen-bond acceptors (Lipinski definition) is 8. The number of amides is 1. The lowest BCUT2D eigenvalue weighted by atomic mass is 9.74. The van der Waals surface area contributed by atoms with Crippen molar-refractivity contribution in [2.45, 2.75) is 26.8 Å². The van der Waals surface area contributed by atoms with Gasteiger partial charge in [-0.1, -0.05) is 45.0 Å². The Morgan fingerprint density at radius 1 is 1.03 bits per heavy atom. The average Bonchev–Trinajstić information content (AvgIpc) is 3.15. The minimum Gasteiger partial charge on any atom is -0.488 e. The Kier molecular flexibility index (Phi) is 6.55. The van der Waals surface area contributed by atoms with Crippen LogP contribution in [0.2, 0.25) is 0 Å². The fourth-order valence-electron chi connectivity index (χ4n) is 5.51. The molecule has 2 aliphatic heterocycles. The first-order valence-electron chi connectivity index (χ1n) is 12.6. The number of fused-ring (bicyclic) bond motifs is 2.